The van der Waals surface area contributed by atoms with Gasteiger partial charge in [0, 0.05) is 29.6 Å². The van der Waals surface area contributed by atoms with Gasteiger partial charge in [0.2, 0.25) is 11.8 Å². The van der Waals surface area contributed by atoms with Crippen molar-refractivity contribution in [2.24, 2.45) is 5.92 Å². The minimum absolute atomic E-state index is 0.0825. The number of hydrogen-bond acceptors (Lipinski definition) is 3. The molecule has 1 aliphatic carbocycles. The molecule has 6 heteroatoms. The number of halogens is 1. The molecule has 0 radical (unpaired) electrons. The molecule has 1 saturated carbocycles. The lowest BCUT2D eigenvalue weighted by molar-refractivity contribution is -0.129. The van der Waals surface area contributed by atoms with Crippen LogP contribution in [0.2, 0.25) is 5.02 Å². The number of hydrogen-bond donors (Lipinski definition) is 1. The number of benzene rings is 1. The van der Waals surface area contributed by atoms with E-state index in [1.807, 2.05) is 41.3 Å². The quantitative estimate of drug-likeness (QED) is 0.892. The standard InChI is InChI=1S/C19H19ClN2O3/c20-14-3-1-12(2-4-14)17-8-7-16(25-17)10-21-19(24)13-9-18(23)22(11-13)15-5-6-15/h1-4,7-8,13,15H,5-6,9-11H2,(H,21,24)/t13-/m0/s1. The summed E-state index contributed by atoms with van der Waals surface area (Å²) in [4.78, 5) is 26.1. The maximum absolute atomic E-state index is 12.3. The second kappa shape index (κ2) is 6.56. The summed E-state index contributed by atoms with van der Waals surface area (Å²) in [6.07, 6.45) is 2.45. The number of nitrogens with zero attached hydrogens (tertiary/aromatic N) is 1. The number of carbonyl (C=O) groups excluding carboxylic acids is 2. The fourth-order valence-corrected chi connectivity index (χ4v) is 3.33. The summed E-state index contributed by atoms with van der Waals surface area (Å²) in [5.74, 6) is 1.18. The van der Waals surface area contributed by atoms with Gasteiger partial charge in [-0.2, -0.15) is 0 Å². The average Bonchev–Trinajstić information content (AvgIpc) is 3.21. The molecule has 4 rings (SSSR count). The van der Waals surface area contributed by atoms with Gasteiger partial charge in [-0.3, -0.25) is 9.59 Å². The zero-order chi connectivity index (χ0) is 17.4. The van der Waals surface area contributed by atoms with Crippen LogP contribution in [-0.4, -0.2) is 29.3 Å². The van der Waals surface area contributed by atoms with Crippen molar-refractivity contribution in [3.8, 4) is 11.3 Å². The predicted octanol–water partition coefficient (Wildman–Crippen LogP) is 3.23. The number of carbonyl (C=O) groups is 2. The van der Waals surface area contributed by atoms with Crippen LogP contribution in [-0.2, 0) is 16.1 Å². The van der Waals surface area contributed by atoms with Crippen molar-refractivity contribution in [1.82, 2.24) is 10.2 Å². The first-order valence-electron chi connectivity index (χ1n) is 8.52. The van der Waals surface area contributed by atoms with Gasteiger partial charge in [-0.15, -0.1) is 0 Å². The Morgan fingerprint density at radius 2 is 1.96 bits per heavy atom. The van der Waals surface area contributed by atoms with E-state index in [4.69, 9.17) is 16.0 Å². The number of rotatable bonds is 5. The molecule has 1 saturated heterocycles. The van der Waals surface area contributed by atoms with Crippen molar-refractivity contribution in [3.63, 3.8) is 0 Å². The van der Waals surface area contributed by atoms with E-state index >= 15 is 0 Å². The van der Waals surface area contributed by atoms with Gasteiger partial charge in [0.15, 0.2) is 0 Å². The van der Waals surface area contributed by atoms with Gasteiger partial charge < -0.3 is 14.6 Å². The van der Waals surface area contributed by atoms with Crippen LogP contribution in [0.25, 0.3) is 11.3 Å². The highest BCUT2D eigenvalue weighted by molar-refractivity contribution is 6.30. The topological polar surface area (TPSA) is 62.6 Å². The molecule has 2 amide bonds. The lowest BCUT2D eigenvalue weighted by Gasteiger charge is -2.15. The van der Waals surface area contributed by atoms with Gasteiger partial charge in [0.1, 0.15) is 11.5 Å². The molecular formula is C19H19ClN2O3. The molecule has 0 bridgehead atoms. The van der Waals surface area contributed by atoms with Crippen molar-refractivity contribution in [2.45, 2.75) is 31.8 Å². The lowest BCUT2D eigenvalue weighted by atomic mass is 10.1. The molecule has 0 unspecified atom stereocenters. The first-order valence-corrected chi connectivity index (χ1v) is 8.90. The summed E-state index contributed by atoms with van der Waals surface area (Å²) in [6.45, 7) is 0.865. The molecule has 2 fully saturated rings. The Hall–Kier alpha value is -2.27. The van der Waals surface area contributed by atoms with Crippen molar-refractivity contribution in [1.29, 1.82) is 0 Å². The second-order valence-electron chi connectivity index (χ2n) is 6.67. The normalized spacial score (nSPS) is 20.1. The van der Waals surface area contributed by atoms with Crippen molar-refractivity contribution >= 4 is 23.4 Å². The first-order chi connectivity index (χ1) is 12.1. The third-order valence-electron chi connectivity index (χ3n) is 4.74. The smallest absolute Gasteiger partial charge is 0.225 e. The SMILES string of the molecule is O=C(NCc1ccc(-c2ccc(Cl)cc2)o1)[C@H]1CC(=O)N(C2CC2)C1. The minimum Gasteiger partial charge on any atom is -0.459 e. The Morgan fingerprint density at radius 1 is 1.20 bits per heavy atom. The molecule has 2 heterocycles. The van der Waals surface area contributed by atoms with Crippen LogP contribution in [0.4, 0.5) is 0 Å². The Kier molecular flexibility index (Phi) is 4.25. The third kappa shape index (κ3) is 3.56. The highest BCUT2D eigenvalue weighted by Gasteiger charge is 2.41. The Morgan fingerprint density at radius 3 is 2.68 bits per heavy atom. The molecule has 1 N–H and O–H groups in total. The monoisotopic (exact) mass is 358 g/mol. The van der Waals surface area contributed by atoms with Crippen molar-refractivity contribution in [3.05, 3.63) is 47.2 Å². The molecule has 1 atom stereocenters. The molecule has 2 aromatic rings. The summed E-state index contributed by atoms with van der Waals surface area (Å²) in [5.41, 5.74) is 0.934. The zero-order valence-corrected chi connectivity index (χ0v) is 14.5. The summed E-state index contributed by atoms with van der Waals surface area (Å²) < 4.78 is 5.78. The molecule has 5 nitrogen and oxygen atoms in total. The van der Waals surface area contributed by atoms with Crippen LogP contribution in [0.5, 0.6) is 0 Å². The Bertz CT molecular complexity index is 795. The Labute approximate surface area is 150 Å². The highest BCUT2D eigenvalue weighted by atomic mass is 35.5. The maximum atomic E-state index is 12.3. The summed E-state index contributed by atoms with van der Waals surface area (Å²) >= 11 is 5.89. The molecule has 0 spiro atoms. The van der Waals surface area contributed by atoms with Gasteiger partial charge >= 0.3 is 0 Å². The second-order valence-corrected chi connectivity index (χ2v) is 7.11. The van der Waals surface area contributed by atoms with E-state index in [-0.39, 0.29) is 17.7 Å². The molecule has 25 heavy (non-hydrogen) atoms. The number of likely N-dealkylation sites (tertiary alicyclic amines) is 1. The summed E-state index contributed by atoms with van der Waals surface area (Å²) in [7, 11) is 0. The third-order valence-corrected chi connectivity index (χ3v) is 5.00. The molecule has 1 aromatic heterocycles. The predicted molar refractivity (Wildman–Crippen MR) is 93.8 cm³/mol. The van der Waals surface area contributed by atoms with E-state index in [1.54, 1.807) is 0 Å². The van der Waals surface area contributed by atoms with Crippen molar-refractivity contribution < 1.29 is 14.0 Å². The molecule has 2 aliphatic rings. The van der Waals surface area contributed by atoms with Gasteiger partial charge in [-0.25, -0.2) is 0 Å². The molecule has 1 aromatic carbocycles. The van der Waals surface area contributed by atoms with Gasteiger partial charge in [-0.1, -0.05) is 11.6 Å². The van der Waals surface area contributed by atoms with Crippen LogP contribution >= 0.6 is 11.6 Å². The number of furan rings is 1. The van der Waals surface area contributed by atoms with Crippen LogP contribution in [0.15, 0.2) is 40.8 Å². The van der Waals surface area contributed by atoms with E-state index in [0.717, 1.165) is 24.2 Å². The summed E-state index contributed by atoms with van der Waals surface area (Å²) in [5, 5.41) is 3.56. The van der Waals surface area contributed by atoms with E-state index < -0.39 is 0 Å². The molecule has 130 valence electrons. The van der Waals surface area contributed by atoms with Crippen molar-refractivity contribution in [2.75, 3.05) is 6.54 Å². The minimum atomic E-state index is -0.251. The fraction of sp³-hybridized carbons (Fsp3) is 0.368. The van der Waals surface area contributed by atoms with Crippen LogP contribution in [0.3, 0.4) is 0 Å². The Balaban J connectivity index is 1.33. The summed E-state index contributed by atoms with van der Waals surface area (Å²) in [6, 6.07) is 11.5. The highest BCUT2D eigenvalue weighted by Crippen LogP contribution is 2.32. The van der Waals surface area contributed by atoms with E-state index in [1.165, 1.54) is 0 Å². The van der Waals surface area contributed by atoms with Gasteiger partial charge in [-0.05, 0) is 49.2 Å². The first kappa shape index (κ1) is 16.2. The van der Waals surface area contributed by atoms with E-state index in [2.05, 4.69) is 5.32 Å². The van der Waals surface area contributed by atoms with E-state index in [9.17, 15) is 9.59 Å². The van der Waals surface area contributed by atoms with Crippen LogP contribution in [0, 0.1) is 5.92 Å². The number of nitrogens with one attached hydrogen (secondary N) is 1. The van der Waals surface area contributed by atoms with Gasteiger partial charge in [0.25, 0.3) is 0 Å². The largest absolute Gasteiger partial charge is 0.459 e. The lowest BCUT2D eigenvalue weighted by Crippen LogP contribution is -2.33. The number of amides is 2. The molecular weight excluding hydrogens is 340 g/mol. The van der Waals surface area contributed by atoms with Gasteiger partial charge in [0.05, 0.1) is 12.5 Å². The fourth-order valence-electron chi connectivity index (χ4n) is 3.21. The van der Waals surface area contributed by atoms with E-state index in [0.29, 0.717) is 36.3 Å². The maximum Gasteiger partial charge on any atom is 0.225 e. The van der Waals surface area contributed by atoms with Crippen LogP contribution in [0.1, 0.15) is 25.0 Å². The van der Waals surface area contributed by atoms with Crippen LogP contribution < -0.4 is 5.32 Å². The molecule has 1 aliphatic heterocycles. The average molecular weight is 359 g/mol. The zero-order valence-electron chi connectivity index (χ0n) is 13.7.